The number of amides is 2. The lowest BCUT2D eigenvalue weighted by atomic mass is 9.94. The van der Waals surface area contributed by atoms with Crippen molar-refractivity contribution in [2.75, 3.05) is 20.1 Å². The van der Waals surface area contributed by atoms with Crippen molar-refractivity contribution in [3.8, 4) is 0 Å². The molecular formula is C16H19ClN2O4. The van der Waals surface area contributed by atoms with Crippen LogP contribution in [0.25, 0.3) is 0 Å². The second kappa shape index (κ2) is 7.46. The number of carboxylic acids is 1. The zero-order valence-corrected chi connectivity index (χ0v) is 13.6. The van der Waals surface area contributed by atoms with Crippen molar-refractivity contribution >= 4 is 29.4 Å². The SMILES string of the molecule is CN1CCC(C(=O)N(CC(=O)O)Cc2ccc(Cl)cc2)CC1=O. The van der Waals surface area contributed by atoms with Crippen LogP contribution in [0.3, 0.4) is 0 Å². The number of carbonyl (C=O) groups excluding carboxylic acids is 2. The molecule has 1 unspecified atom stereocenters. The maximum Gasteiger partial charge on any atom is 0.323 e. The predicted molar refractivity (Wildman–Crippen MR) is 84.9 cm³/mol. The molecule has 0 aromatic heterocycles. The van der Waals surface area contributed by atoms with Crippen LogP contribution in [-0.4, -0.2) is 52.8 Å². The number of benzene rings is 1. The lowest BCUT2D eigenvalue weighted by Gasteiger charge is -2.31. The summed E-state index contributed by atoms with van der Waals surface area (Å²) >= 11 is 5.83. The molecule has 1 heterocycles. The molecule has 6 nitrogen and oxygen atoms in total. The first kappa shape index (κ1) is 17.3. The molecular weight excluding hydrogens is 320 g/mol. The molecule has 1 aliphatic rings. The summed E-state index contributed by atoms with van der Waals surface area (Å²) in [6.07, 6.45) is 0.684. The lowest BCUT2D eigenvalue weighted by molar-refractivity contribution is -0.149. The third kappa shape index (κ3) is 4.69. The van der Waals surface area contributed by atoms with Crippen molar-refractivity contribution < 1.29 is 19.5 Å². The van der Waals surface area contributed by atoms with E-state index < -0.39 is 11.9 Å². The Bertz CT molecular complexity index is 603. The van der Waals surface area contributed by atoms with Crippen molar-refractivity contribution in [1.29, 1.82) is 0 Å². The summed E-state index contributed by atoms with van der Waals surface area (Å²) in [5.41, 5.74) is 0.795. The van der Waals surface area contributed by atoms with Crippen LogP contribution in [0.5, 0.6) is 0 Å². The Kier molecular flexibility index (Phi) is 5.60. The highest BCUT2D eigenvalue weighted by atomic mass is 35.5. The van der Waals surface area contributed by atoms with E-state index in [2.05, 4.69) is 0 Å². The van der Waals surface area contributed by atoms with Gasteiger partial charge >= 0.3 is 5.97 Å². The summed E-state index contributed by atoms with van der Waals surface area (Å²) in [6.45, 7) is 0.307. The monoisotopic (exact) mass is 338 g/mol. The van der Waals surface area contributed by atoms with Gasteiger partial charge in [-0.05, 0) is 24.1 Å². The van der Waals surface area contributed by atoms with E-state index in [0.717, 1.165) is 5.56 Å². The maximum absolute atomic E-state index is 12.6. The van der Waals surface area contributed by atoms with E-state index in [-0.39, 0.29) is 31.3 Å². The van der Waals surface area contributed by atoms with Crippen LogP contribution in [0.15, 0.2) is 24.3 Å². The Morgan fingerprint density at radius 1 is 1.35 bits per heavy atom. The van der Waals surface area contributed by atoms with E-state index in [9.17, 15) is 14.4 Å². The minimum absolute atomic E-state index is 0.0867. The zero-order chi connectivity index (χ0) is 17.0. The van der Waals surface area contributed by atoms with Crippen LogP contribution < -0.4 is 0 Å². The van der Waals surface area contributed by atoms with Gasteiger partial charge in [0.25, 0.3) is 0 Å². The third-order valence-corrected chi connectivity index (χ3v) is 4.19. The number of carboxylic acid groups (broad SMARTS) is 1. The lowest BCUT2D eigenvalue weighted by Crippen LogP contribution is -2.45. The molecule has 124 valence electrons. The Morgan fingerprint density at radius 2 is 2.00 bits per heavy atom. The third-order valence-electron chi connectivity index (χ3n) is 3.93. The highest BCUT2D eigenvalue weighted by molar-refractivity contribution is 6.30. The first-order valence-corrected chi connectivity index (χ1v) is 7.73. The number of nitrogens with zero attached hydrogens (tertiary/aromatic N) is 2. The van der Waals surface area contributed by atoms with Crippen molar-refractivity contribution in [2.45, 2.75) is 19.4 Å². The Labute approximate surface area is 139 Å². The number of likely N-dealkylation sites (tertiary alicyclic amines) is 1. The average Bonchev–Trinajstić information content (AvgIpc) is 2.50. The average molecular weight is 339 g/mol. The molecule has 0 bridgehead atoms. The number of piperidine rings is 1. The van der Waals surface area contributed by atoms with Crippen LogP contribution in [0.2, 0.25) is 5.02 Å². The number of hydrogen-bond acceptors (Lipinski definition) is 3. The normalized spacial score (nSPS) is 17.9. The summed E-state index contributed by atoms with van der Waals surface area (Å²) < 4.78 is 0. The van der Waals surface area contributed by atoms with E-state index in [1.165, 1.54) is 4.90 Å². The smallest absolute Gasteiger partial charge is 0.323 e. The summed E-state index contributed by atoms with van der Waals surface area (Å²) in [6, 6.07) is 6.90. The standard InChI is InChI=1S/C16H19ClN2O4/c1-18-7-6-12(8-14(18)20)16(23)19(10-15(21)22)9-11-2-4-13(17)5-3-11/h2-5,12H,6-10H2,1H3,(H,21,22). The summed E-state index contributed by atoms with van der Waals surface area (Å²) in [5.74, 6) is -1.91. The van der Waals surface area contributed by atoms with E-state index in [1.54, 1.807) is 36.2 Å². The fourth-order valence-electron chi connectivity index (χ4n) is 2.60. The van der Waals surface area contributed by atoms with Gasteiger partial charge in [0.1, 0.15) is 6.54 Å². The molecule has 1 atom stereocenters. The highest BCUT2D eigenvalue weighted by Crippen LogP contribution is 2.21. The number of hydrogen-bond donors (Lipinski definition) is 1. The fourth-order valence-corrected chi connectivity index (χ4v) is 2.72. The van der Waals surface area contributed by atoms with Crippen LogP contribution in [0, 0.1) is 5.92 Å². The largest absolute Gasteiger partial charge is 0.480 e. The summed E-state index contributed by atoms with van der Waals surface area (Å²) in [5, 5.41) is 9.63. The van der Waals surface area contributed by atoms with Gasteiger partial charge in [0.05, 0.1) is 0 Å². The van der Waals surface area contributed by atoms with Gasteiger partial charge in [-0.15, -0.1) is 0 Å². The molecule has 1 N–H and O–H groups in total. The Balaban J connectivity index is 2.10. The van der Waals surface area contributed by atoms with Crippen LogP contribution in [-0.2, 0) is 20.9 Å². The molecule has 1 aromatic rings. The van der Waals surface area contributed by atoms with Gasteiger partial charge in [-0.1, -0.05) is 23.7 Å². The summed E-state index contributed by atoms with van der Waals surface area (Å²) in [7, 11) is 1.70. The first-order chi connectivity index (χ1) is 10.9. The van der Waals surface area contributed by atoms with Crippen LogP contribution >= 0.6 is 11.6 Å². The van der Waals surface area contributed by atoms with E-state index in [1.807, 2.05) is 0 Å². The molecule has 7 heteroatoms. The highest BCUT2D eigenvalue weighted by Gasteiger charge is 2.32. The van der Waals surface area contributed by atoms with Gasteiger partial charge in [-0.2, -0.15) is 0 Å². The van der Waals surface area contributed by atoms with Gasteiger partial charge in [0.2, 0.25) is 11.8 Å². The molecule has 0 radical (unpaired) electrons. The molecule has 1 fully saturated rings. The van der Waals surface area contributed by atoms with Crippen LogP contribution in [0.4, 0.5) is 0 Å². The summed E-state index contributed by atoms with van der Waals surface area (Å²) in [4.78, 5) is 38.3. The number of halogens is 1. The van der Waals surface area contributed by atoms with Crippen molar-refractivity contribution in [2.24, 2.45) is 5.92 Å². The maximum atomic E-state index is 12.6. The molecule has 23 heavy (non-hydrogen) atoms. The fraction of sp³-hybridized carbons (Fsp3) is 0.438. The van der Waals surface area contributed by atoms with Gasteiger partial charge in [0.15, 0.2) is 0 Å². The zero-order valence-electron chi connectivity index (χ0n) is 12.9. The van der Waals surface area contributed by atoms with Crippen molar-refractivity contribution in [1.82, 2.24) is 9.80 Å². The Morgan fingerprint density at radius 3 is 2.57 bits per heavy atom. The molecule has 0 spiro atoms. The topological polar surface area (TPSA) is 77.9 Å². The molecule has 1 saturated heterocycles. The molecule has 2 rings (SSSR count). The minimum Gasteiger partial charge on any atom is -0.480 e. The molecule has 1 aromatic carbocycles. The number of carbonyl (C=O) groups is 3. The Hall–Kier alpha value is -2.08. The van der Waals surface area contributed by atoms with Crippen molar-refractivity contribution in [3.63, 3.8) is 0 Å². The second-order valence-corrected chi connectivity index (χ2v) is 6.16. The van der Waals surface area contributed by atoms with Gasteiger partial charge in [0, 0.05) is 37.5 Å². The number of rotatable bonds is 5. The van der Waals surface area contributed by atoms with Gasteiger partial charge < -0.3 is 14.9 Å². The van der Waals surface area contributed by atoms with Crippen molar-refractivity contribution in [3.05, 3.63) is 34.9 Å². The van der Waals surface area contributed by atoms with Gasteiger partial charge in [-0.25, -0.2) is 0 Å². The quantitative estimate of drug-likeness (QED) is 0.885. The minimum atomic E-state index is -1.08. The first-order valence-electron chi connectivity index (χ1n) is 7.36. The second-order valence-electron chi connectivity index (χ2n) is 5.72. The number of aliphatic carboxylic acids is 1. The van der Waals surface area contributed by atoms with E-state index in [4.69, 9.17) is 16.7 Å². The molecule has 0 saturated carbocycles. The molecule has 2 amide bonds. The predicted octanol–water partition coefficient (Wildman–Crippen LogP) is 1.62. The van der Waals surface area contributed by atoms with E-state index in [0.29, 0.717) is 18.0 Å². The van der Waals surface area contributed by atoms with E-state index >= 15 is 0 Å². The van der Waals surface area contributed by atoms with Crippen LogP contribution in [0.1, 0.15) is 18.4 Å². The molecule has 1 aliphatic heterocycles. The molecule has 0 aliphatic carbocycles. The van der Waals surface area contributed by atoms with Gasteiger partial charge in [-0.3, -0.25) is 14.4 Å².